The first-order valence-corrected chi connectivity index (χ1v) is 15.3. The number of thiophene rings is 1. The molecule has 0 bridgehead atoms. The van der Waals surface area contributed by atoms with Crippen molar-refractivity contribution in [1.82, 2.24) is 15.2 Å². The molecule has 1 aromatic carbocycles. The highest BCUT2D eigenvalue weighted by Crippen LogP contribution is 2.27. The van der Waals surface area contributed by atoms with E-state index in [2.05, 4.69) is 10.6 Å². The van der Waals surface area contributed by atoms with E-state index in [0.717, 1.165) is 31.2 Å². The number of rotatable bonds is 11. The Morgan fingerprint density at radius 1 is 1.14 bits per heavy atom. The minimum atomic E-state index is -0.519. The fourth-order valence-corrected chi connectivity index (χ4v) is 6.38. The second-order valence-electron chi connectivity index (χ2n) is 10.6. The molecule has 1 atom stereocenters. The highest BCUT2D eigenvalue weighted by Gasteiger charge is 2.33. The molecule has 0 spiro atoms. The average molecular weight is 615 g/mol. The molecule has 0 radical (unpaired) electrons. The van der Waals surface area contributed by atoms with Crippen LogP contribution < -0.4 is 21.1 Å². The number of anilines is 1. The van der Waals surface area contributed by atoms with Crippen molar-refractivity contribution in [2.24, 2.45) is 0 Å². The van der Waals surface area contributed by atoms with Crippen LogP contribution in [0.3, 0.4) is 0 Å². The summed E-state index contributed by atoms with van der Waals surface area (Å²) in [6.45, 7) is 1.35. The van der Waals surface area contributed by atoms with Gasteiger partial charge < -0.3 is 25.2 Å². The molecule has 12 heteroatoms. The molecule has 1 aliphatic carbocycles. The van der Waals surface area contributed by atoms with Gasteiger partial charge in [0.15, 0.2) is 0 Å². The number of halogens is 1. The zero-order valence-electron chi connectivity index (χ0n) is 23.4. The summed E-state index contributed by atoms with van der Waals surface area (Å²) in [6.07, 6.45) is 4.61. The van der Waals surface area contributed by atoms with Gasteiger partial charge in [0.05, 0.1) is 40.7 Å². The van der Waals surface area contributed by atoms with Gasteiger partial charge in [-0.1, -0.05) is 17.7 Å². The molecule has 2 aliphatic rings. The molecule has 224 valence electrons. The summed E-state index contributed by atoms with van der Waals surface area (Å²) in [6, 6.07) is 12.8. The van der Waals surface area contributed by atoms with Crippen molar-refractivity contribution in [3.63, 3.8) is 0 Å². The summed E-state index contributed by atoms with van der Waals surface area (Å²) in [5.41, 5.74) is 2.62. The van der Waals surface area contributed by atoms with Crippen LogP contribution in [0.4, 0.5) is 10.5 Å². The molecule has 2 aromatic heterocycles. The van der Waals surface area contributed by atoms with Crippen molar-refractivity contribution < 1.29 is 24.2 Å². The summed E-state index contributed by atoms with van der Waals surface area (Å²) >= 11 is 7.10. The van der Waals surface area contributed by atoms with Crippen LogP contribution in [0.1, 0.15) is 46.5 Å². The third-order valence-electron chi connectivity index (χ3n) is 7.65. The quantitative estimate of drug-likeness (QED) is 0.300. The van der Waals surface area contributed by atoms with E-state index in [1.54, 1.807) is 36.1 Å². The molecule has 42 heavy (non-hydrogen) atoms. The number of pyridine rings is 1. The predicted octanol–water partition coefficient (Wildman–Crippen LogP) is 3.89. The SMILES string of the molecule is COCc1cc(N2C[C@H](CNC(=O)c3ccc(Cl)s3)OC2=O)ccc1-n1cccc(CCNC2CCC(O)CC2)c1=O. The van der Waals surface area contributed by atoms with Crippen LogP contribution in [-0.4, -0.2) is 66.7 Å². The van der Waals surface area contributed by atoms with E-state index in [1.165, 1.54) is 16.2 Å². The van der Waals surface area contributed by atoms with Crippen LogP contribution in [0.15, 0.2) is 53.5 Å². The lowest BCUT2D eigenvalue weighted by molar-refractivity contribution is 0.0920. The van der Waals surface area contributed by atoms with Gasteiger partial charge in [0, 0.05) is 36.2 Å². The Kier molecular flexibility index (Phi) is 9.96. The predicted molar refractivity (Wildman–Crippen MR) is 162 cm³/mol. The second-order valence-corrected chi connectivity index (χ2v) is 12.3. The maximum atomic E-state index is 13.5. The summed E-state index contributed by atoms with van der Waals surface area (Å²) in [5, 5.41) is 16.0. The molecule has 2 amide bonds. The molecule has 1 saturated carbocycles. The van der Waals surface area contributed by atoms with Gasteiger partial charge in [-0.2, -0.15) is 0 Å². The first-order chi connectivity index (χ1) is 20.3. The van der Waals surface area contributed by atoms with Gasteiger partial charge in [0.25, 0.3) is 11.5 Å². The molecule has 0 unspecified atom stereocenters. The van der Waals surface area contributed by atoms with Crippen LogP contribution in [0, 0.1) is 0 Å². The molecule has 10 nitrogen and oxygen atoms in total. The number of aliphatic hydroxyl groups excluding tert-OH is 1. The highest BCUT2D eigenvalue weighted by molar-refractivity contribution is 7.18. The van der Waals surface area contributed by atoms with Crippen LogP contribution in [0.5, 0.6) is 0 Å². The van der Waals surface area contributed by atoms with E-state index in [4.69, 9.17) is 21.1 Å². The fourth-order valence-electron chi connectivity index (χ4n) is 5.42. The van der Waals surface area contributed by atoms with E-state index >= 15 is 0 Å². The number of nitrogens with one attached hydrogen (secondary N) is 2. The number of cyclic esters (lactones) is 1. The van der Waals surface area contributed by atoms with Gasteiger partial charge in [-0.05, 0) is 75.0 Å². The second kappa shape index (κ2) is 13.8. The number of ether oxygens (including phenoxy) is 2. The molecule has 1 saturated heterocycles. The number of carbonyl (C=O) groups excluding carboxylic acids is 2. The van der Waals surface area contributed by atoms with E-state index in [0.29, 0.717) is 45.2 Å². The van der Waals surface area contributed by atoms with Crippen LogP contribution in [-0.2, 0) is 22.5 Å². The summed E-state index contributed by atoms with van der Waals surface area (Å²) in [5.74, 6) is -0.273. The van der Waals surface area contributed by atoms with Gasteiger partial charge in [-0.25, -0.2) is 4.79 Å². The van der Waals surface area contributed by atoms with Crippen LogP contribution in [0.2, 0.25) is 4.34 Å². The van der Waals surface area contributed by atoms with Gasteiger partial charge >= 0.3 is 6.09 Å². The number of hydrogen-bond donors (Lipinski definition) is 3. The Morgan fingerprint density at radius 2 is 1.95 bits per heavy atom. The Labute approximate surface area is 253 Å². The summed E-state index contributed by atoms with van der Waals surface area (Å²) in [4.78, 5) is 40.5. The molecule has 3 N–H and O–H groups in total. The number of nitrogens with zero attached hydrogens (tertiary/aromatic N) is 2. The minimum Gasteiger partial charge on any atom is -0.442 e. The number of aromatic nitrogens is 1. The van der Waals surface area contributed by atoms with Crippen LogP contribution >= 0.6 is 22.9 Å². The lowest BCUT2D eigenvalue weighted by atomic mass is 9.93. The monoisotopic (exact) mass is 614 g/mol. The van der Waals surface area contributed by atoms with Crippen molar-refractivity contribution in [1.29, 1.82) is 0 Å². The number of amides is 2. The highest BCUT2D eigenvalue weighted by atomic mass is 35.5. The van der Waals surface area contributed by atoms with E-state index in [-0.39, 0.29) is 37.3 Å². The molecule has 1 aliphatic heterocycles. The maximum absolute atomic E-state index is 13.5. The third-order valence-corrected chi connectivity index (χ3v) is 8.88. The van der Waals surface area contributed by atoms with E-state index < -0.39 is 12.2 Å². The standard InChI is InChI=1S/C30H35ClN4O6S/c1-40-18-20-15-22(35-17-24(41-30(35)39)16-33-28(37)26-10-11-27(31)42-26)6-9-25(20)34-14-2-3-19(29(34)38)12-13-32-21-4-7-23(36)8-5-21/h2-3,6,9-11,14-15,21,23-24,32,36H,4-5,7-8,12-13,16-18H2,1H3,(H,33,37)/t21?,23?,24-/m0/s1. The molecule has 5 rings (SSSR count). The molecular formula is C30H35ClN4O6S. The van der Waals surface area contributed by atoms with Crippen molar-refractivity contribution >= 4 is 40.6 Å². The minimum absolute atomic E-state index is 0.105. The van der Waals surface area contributed by atoms with Gasteiger partial charge in [0.2, 0.25) is 0 Å². The number of aliphatic hydroxyl groups is 1. The lowest BCUT2D eigenvalue weighted by Crippen LogP contribution is -2.36. The largest absolute Gasteiger partial charge is 0.442 e. The number of hydrogen-bond acceptors (Lipinski definition) is 8. The normalized spacial score (nSPS) is 20.5. The number of benzene rings is 1. The molecule has 3 heterocycles. The molecule has 2 fully saturated rings. The first-order valence-electron chi connectivity index (χ1n) is 14.1. The number of carbonyl (C=O) groups is 2. The maximum Gasteiger partial charge on any atom is 0.414 e. The topological polar surface area (TPSA) is 122 Å². The lowest BCUT2D eigenvalue weighted by Gasteiger charge is -2.26. The fraction of sp³-hybridized carbons (Fsp3) is 0.433. The third kappa shape index (κ3) is 7.22. The van der Waals surface area contributed by atoms with Crippen molar-refractivity contribution in [3.05, 3.63) is 79.4 Å². The van der Waals surface area contributed by atoms with Crippen molar-refractivity contribution in [2.75, 3.05) is 31.6 Å². The molecule has 3 aromatic rings. The zero-order chi connectivity index (χ0) is 29.6. The summed E-state index contributed by atoms with van der Waals surface area (Å²) < 4.78 is 13.1. The first kappa shape index (κ1) is 30.2. The Balaban J connectivity index is 1.25. The van der Waals surface area contributed by atoms with Crippen molar-refractivity contribution in [3.8, 4) is 5.69 Å². The Bertz CT molecular complexity index is 1470. The van der Waals surface area contributed by atoms with E-state index in [1.807, 2.05) is 24.3 Å². The van der Waals surface area contributed by atoms with Gasteiger partial charge in [0.1, 0.15) is 6.10 Å². The average Bonchev–Trinajstić information content (AvgIpc) is 3.59. The van der Waals surface area contributed by atoms with Gasteiger partial charge in [-0.15, -0.1) is 11.3 Å². The zero-order valence-corrected chi connectivity index (χ0v) is 25.0. The van der Waals surface area contributed by atoms with E-state index in [9.17, 15) is 19.5 Å². The van der Waals surface area contributed by atoms with Gasteiger partial charge in [-0.3, -0.25) is 19.1 Å². The number of methoxy groups -OCH3 is 1. The smallest absolute Gasteiger partial charge is 0.414 e. The van der Waals surface area contributed by atoms with Crippen LogP contribution in [0.25, 0.3) is 5.69 Å². The Morgan fingerprint density at radius 3 is 2.69 bits per heavy atom. The molecular weight excluding hydrogens is 580 g/mol. The van der Waals surface area contributed by atoms with Crippen molar-refractivity contribution in [2.45, 2.75) is 57.0 Å². The Hall–Kier alpha value is -3.22. The summed E-state index contributed by atoms with van der Waals surface area (Å²) in [7, 11) is 1.58.